The van der Waals surface area contributed by atoms with Gasteiger partial charge < -0.3 is 10.2 Å². The molecule has 0 amide bonds. The maximum absolute atomic E-state index is 3.60. The van der Waals surface area contributed by atoms with Gasteiger partial charge in [-0.3, -0.25) is 0 Å². The van der Waals surface area contributed by atoms with Gasteiger partial charge in [-0.15, -0.1) is 0 Å². The van der Waals surface area contributed by atoms with Gasteiger partial charge in [0.25, 0.3) is 0 Å². The molecule has 1 heterocycles. The summed E-state index contributed by atoms with van der Waals surface area (Å²) in [7, 11) is 2.20. The first kappa shape index (κ1) is 15.7. The van der Waals surface area contributed by atoms with Gasteiger partial charge in [-0.2, -0.15) is 11.3 Å². The van der Waals surface area contributed by atoms with Crippen LogP contribution in [0.5, 0.6) is 0 Å². The minimum atomic E-state index is 0.198. The largest absolute Gasteiger partial charge is 0.311 e. The minimum Gasteiger partial charge on any atom is -0.311 e. The monoisotopic (exact) mass is 268 g/mol. The zero-order valence-electron chi connectivity index (χ0n) is 12.7. The highest BCUT2D eigenvalue weighted by atomic mass is 32.1. The third-order valence-electron chi connectivity index (χ3n) is 2.83. The summed E-state index contributed by atoms with van der Waals surface area (Å²) in [5.74, 6) is 0. The SMILES string of the molecule is CN(Cc1ccsc1)CC(C)(C)CNC(C)(C)C. The van der Waals surface area contributed by atoms with Crippen molar-refractivity contribution in [2.45, 2.75) is 46.7 Å². The quantitative estimate of drug-likeness (QED) is 0.848. The summed E-state index contributed by atoms with van der Waals surface area (Å²) in [5.41, 5.74) is 1.91. The van der Waals surface area contributed by atoms with Crippen molar-refractivity contribution in [1.82, 2.24) is 10.2 Å². The molecule has 0 spiro atoms. The Bertz CT molecular complexity index is 336. The zero-order chi connectivity index (χ0) is 13.8. The first-order valence-electron chi connectivity index (χ1n) is 6.63. The number of hydrogen-bond donors (Lipinski definition) is 1. The van der Waals surface area contributed by atoms with Gasteiger partial charge in [0.1, 0.15) is 0 Å². The predicted molar refractivity (Wildman–Crippen MR) is 82.2 cm³/mol. The molecule has 1 N–H and O–H groups in total. The fraction of sp³-hybridized carbons (Fsp3) is 0.733. The van der Waals surface area contributed by atoms with E-state index in [4.69, 9.17) is 0 Å². The molecule has 0 saturated heterocycles. The van der Waals surface area contributed by atoms with Crippen LogP contribution in [0.1, 0.15) is 40.2 Å². The van der Waals surface area contributed by atoms with Gasteiger partial charge in [0.05, 0.1) is 0 Å². The lowest BCUT2D eigenvalue weighted by Crippen LogP contribution is -2.45. The van der Waals surface area contributed by atoms with E-state index >= 15 is 0 Å². The second-order valence-electron chi connectivity index (χ2n) is 7.07. The van der Waals surface area contributed by atoms with Gasteiger partial charge in [-0.05, 0) is 55.6 Å². The molecule has 18 heavy (non-hydrogen) atoms. The Morgan fingerprint density at radius 2 is 1.89 bits per heavy atom. The van der Waals surface area contributed by atoms with E-state index in [1.807, 2.05) is 0 Å². The molecule has 0 unspecified atom stereocenters. The Morgan fingerprint density at radius 1 is 1.22 bits per heavy atom. The molecule has 0 aromatic carbocycles. The third-order valence-corrected chi connectivity index (χ3v) is 3.56. The van der Waals surface area contributed by atoms with Crippen LogP contribution in [0.4, 0.5) is 0 Å². The normalized spacial score (nSPS) is 13.3. The van der Waals surface area contributed by atoms with Crippen LogP contribution >= 0.6 is 11.3 Å². The molecule has 2 nitrogen and oxygen atoms in total. The highest BCUT2D eigenvalue weighted by molar-refractivity contribution is 7.07. The Balaban J connectivity index is 2.39. The van der Waals surface area contributed by atoms with Gasteiger partial charge in [-0.1, -0.05) is 13.8 Å². The maximum Gasteiger partial charge on any atom is 0.0239 e. The molecule has 0 fully saturated rings. The Morgan fingerprint density at radius 3 is 2.39 bits per heavy atom. The van der Waals surface area contributed by atoms with E-state index in [9.17, 15) is 0 Å². The lowest BCUT2D eigenvalue weighted by atomic mass is 9.91. The topological polar surface area (TPSA) is 15.3 Å². The fourth-order valence-electron chi connectivity index (χ4n) is 2.04. The van der Waals surface area contributed by atoms with E-state index in [1.54, 1.807) is 11.3 Å². The van der Waals surface area contributed by atoms with Gasteiger partial charge >= 0.3 is 0 Å². The molecule has 104 valence electrons. The first-order valence-corrected chi connectivity index (χ1v) is 7.57. The summed E-state index contributed by atoms with van der Waals surface area (Å²) in [6.45, 7) is 14.5. The summed E-state index contributed by atoms with van der Waals surface area (Å²) in [4.78, 5) is 2.41. The molecule has 0 aliphatic rings. The van der Waals surface area contributed by atoms with Gasteiger partial charge in [-0.25, -0.2) is 0 Å². The van der Waals surface area contributed by atoms with Crippen LogP contribution in [0.3, 0.4) is 0 Å². The van der Waals surface area contributed by atoms with Crippen molar-refractivity contribution < 1.29 is 0 Å². The number of hydrogen-bond acceptors (Lipinski definition) is 3. The zero-order valence-corrected chi connectivity index (χ0v) is 13.5. The smallest absolute Gasteiger partial charge is 0.0239 e. The highest BCUT2D eigenvalue weighted by Gasteiger charge is 2.22. The summed E-state index contributed by atoms with van der Waals surface area (Å²) in [6, 6.07) is 2.21. The lowest BCUT2D eigenvalue weighted by Gasteiger charge is -2.33. The molecular formula is C15H28N2S. The van der Waals surface area contributed by atoms with E-state index in [0.29, 0.717) is 0 Å². The van der Waals surface area contributed by atoms with Crippen LogP contribution in [-0.4, -0.2) is 30.6 Å². The summed E-state index contributed by atoms with van der Waals surface area (Å²) in [6.07, 6.45) is 0. The summed E-state index contributed by atoms with van der Waals surface area (Å²) in [5, 5.41) is 7.98. The van der Waals surface area contributed by atoms with Crippen molar-refractivity contribution in [3.63, 3.8) is 0 Å². The van der Waals surface area contributed by atoms with Crippen LogP contribution in [-0.2, 0) is 6.54 Å². The van der Waals surface area contributed by atoms with Crippen molar-refractivity contribution in [2.75, 3.05) is 20.1 Å². The molecule has 0 atom stereocenters. The van der Waals surface area contributed by atoms with Crippen LogP contribution in [0.15, 0.2) is 16.8 Å². The summed E-state index contributed by atoms with van der Waals surface area (Å²) < 4.78 is 0. The van der Waals surface area contributed by atoms with E-state index in [2.05, 4.69) is 68.7 Å². The van der Waals surface area contributed by atoms with Crippen LogP contribution in [0.2, 0.25) is 0 Å². The lowest BCUT2D eigenvalue weighted by molar-refractivity contribution is 0.186. The van der Waals surface area contributed by atoms with Crippen LogP contribution in [0.25, 0.3) is 0 Å². The van der Waals surface area contributed by atoms with E-state index < -0.39 is 0 Å². The molecule has 0 saturated carbocycles. The first-order chi connectivity index (χ1) is 8.18. The second kappa shape index (κ2) is 6.18. The molecule has 0 aliphatic carbocycles. The summed E-state index contributed by atoms with van der Waals surface area (Å²) >= 11 is 1.77. The maximum atomic E-state index is 3.60. The van der Waals surface area contributed by atoms with Crippen molar-refractivity contribution in [1.29, 1.82) is 0 Å². The van der Waals surface area contributed by atoms with E-state index in [1.165, 1.54) is 5.56 Å². The molecule has 1 aromatic heterocycles. The van der Waals surface area contributed by atoms with Crippen molar-refractivity contribution in [2.24, 2.45) is 5.41 Å². The van der Waals surface area contributed by atoms with Crippen molar-refractivity contribution in [3.05, 3.63) is 22.4 Å². The van der Waals surface area contributed by atoms with Crippen molar-refractivity contribution >= 4 is 11.3 Å². The molecule has 0 aliphatic heterocycles. The predicted octanol–water partition coefficient (Wildman–Crippen LogP) is 3.59. The standard InChI is InChI=1S/C15H28N2S/c1-14(2,3)16-11-15(4,5)12-17(6)9-13-7-8-18-10-13/h7-8,10,16H,9,11-12H2,1-6H3. The fourth-order valence-corrected chi connectivity index (χ4v) is 2.70. The molecule has 0 bridgehead atoms. The molecule has 1 aromatic rings. The number of rotatable bonds is 6. The number of thiophene rings is 1. The van der Waals surface area contributed by atoms with E-state index in [-0.39, 0.29) is 11.0 Å². The number of nitrogens with zero attached hydrogens (tertiary/aromatic N) is 1. The van der Waals surface area contributed by atoms with Gasteiger partial charge in [0.2, 0.25) is 0 Å². The molecule has 0 radical (unpaired) electrons. The van der Waals surface area contributed by atoms with Crippen LogP contribution < -0.4 is 5.32 Å². The second-order valence-corrected chi connectivity index (χ2v) is 7.85. The van der Waals surface area contributed by atoms with Crippen molar-refractivity contribution in [3.8, 4) is 0 Å². The molecule has 1 rings (SSSR count). The van der Waals surface area contributed by atoms with Crippen LogP contribution in [0, 0.1) is 5.41 Å². The van der Waals surface area contributed by atoms with Gasteiger partial charge in [0.15, 0.2) is 0 Å². The average Bonchev–Trinajstić information content (AvgIpc) is 2.65. The van der Waals surface area contributed by atoms with Gasteiger partial charge in [0, 0.05) is 25.2 Å². The number of nitrogens with one attached hydrogen (secondary N) is 1. The highest BCUT2D eigenvalue weighted by Crippen LogP contribution is 2.18. The Labute approximate surface area is 116 Å². The van der Waals surface area contributed by atoms with E-state index in [0.717, 1.165) is 19.6 Å². The third kappa shape index (κ3) is 6.53. The Hall–Kier alpha value is -0.380. The average molecular weight is 268 g/mol. The minimum absolute atomic E-state index is 0.198. The Kier molecular flexibility index (Phi) is 5.38. The molecule has 3 heteroatoms. The molecular weight excluding hydrogens is 240 g/mol.